The van der Waals surface area contributed by atoms with Crippen molar-refractivity contribution in [1.29, 1.82) is 5.26 Å². The number of benzene rings is 1. The van der Waals surface area contributed by atoms with E-state index in [9.17, 15) is 14.9 Å². The van der Waals surface area contributed by atoms with Gasteiger partial charge in [-0.05, 0) is 56.2 Å². The Bertz CT molecular complexity index is 900. The fourth-order valence-corrected chi connectivity index (χ4v) is 4.27. The van der Waals surface area contributed by atoms with Gasteiger partial charge in [0.15, 0.2) is 6.19 Å². The fourth-order valence-electron chi connectivity index (χ4n) is 4.27. The molecule has 2 N–H and O–H groups in total. The zero-order valence-corrected chi connectivity index (χ0v) is 20.0. The number of carbonyl (C=O) groups is 2. The molecule has 2 aliphatic heterocycles. The summed E-state index contributed by atoms with van der Waals surface area (Å²) < 4.78 is 10.6. The Balaban J connectivity index is 1.62. The molecule has 2 aliphatic rings. The molecule has 2 fully saturated rings. The minimum absolute atomic E-state index is 0.00394. The molecule has 10 nitrogen and oxygen atoms in total. The summed E-state index contributed by atoms with van der Waals surface area (Å²) in [5.41, 5.74) is 0.980. The smallest absolute Gasteiger partial charge is 0.245 e. The molecule has 0 bridgehead atoms. The number of likely N-dealkylation sites (tertiary alicyclic amines) is 2. The number of methoxy groups -OCH3 is 2. The van der Waals surface area contributed by atoms with Crippen LogP contribution in [0.4, 0.5) is 0 Å². The normalized spacial score (nSPS) is 18.8. The number of ether oxygens (including phenoxy) is 2. The van der Waals surface area contributed by atoms with E-state index in [-0.39, 0.29) is 24.3 Å². The number of guanidine groups is 1. The number of nitriles is 1. The van der Waals surface area contributed by atoms with Crippen LogP contribution in [-0.4, -0.2) is 80.6 Å². The van der Waals surface area contributed by atoms with Crippen LogP contribution in [0.15, 0.2) is 23.2 Å². The van der Waals surface area contributed by atoms with Crippen molar-refractivity contribution in [2.24, 2.45) is 4.99 Å². The third kappa shape index (κ3) is 7.01. The van der Waals surface area contributed by atoms with Gasteiger partial charge in [-0.15, -0.1) is 0 Å². The van der Waals surface area contributed by atoms with E-state index in [0.29, 0.717) is 37.4 Å². The van der Waals surface area contributed by atoms with Gasteiger partial charge in [0.05, 0.1) is 20.8 Å². The van der Waals surface area contributed by atoms with E-state index < -0.39 is 6.04 Å². The van der Waals surface area contributed by atoms with Gasteiger partial charge in [-0.1, -0.05) is 0 Å². The first-order valence-electron chi connectivity index (χ1n) is 11.8. The van der Waals surface area contributed by atoms with Crippen LogP contribution in [0.1, 0.15) is 37.7 Å². The van der Waals surface area contributed by atoms with Crippen LogP contribution in [0, 0.1) is 11.5 Å². The van der Waals surface area contributed by atoms with E-state index in [4.69, 9.17) is 9.47 Å². The van der Waals surface area contributed by atoms with Crippen LogP contribution in [0.5, 0.6) is 11.5 Å². The van der Waals surface area contributed by atoms with E-state index >= 15 is 0 Å². The Morgan fingerprint density at radius 2 is 1.79 bits per heavy atom. The molecule has 184 valence electrons. The van der Waals surface area contributed by atoms with Crippen LogP contribution < -0.4 is 20.1 Å². The van der Waals surface area contributed by atoms with Gasteiger partial charge in [0.25, 0.3) is 0 Å². The van der Waals surface area contributed by atoms with Crippen LogP contribution in [-0.2, 0) is 16.0 Å². The summed E-state index contributed by atoms with van der Waals surface area (Å²) in [6.07, 6.45) is 6.83. The molecule has 0 spiro atoms. The molecular weight excluding hydrogens is 436 g/mol. The topological polar surface area (TPSA) is 119 Å². The third-order valence-electron chi connectivity index (χ3n) is 6.13. The van der Waals surface area contributed by atoms with Crippen molar-refractivity contribution in [2.45, 2.75) is 44.6 Å². The van der Waals surface area contributed by atoms with Crippen molar-refractivity contribution in [1.82, 2.24) is 20.4 Å². The summed E-state index contributed by atoms with van der Waals surface area (Å²) in [7, 11) is 3.20. The minimum atomic E-state index is -0.537. The molecule has 2 saturated heterocycles. The third-order valence-corrected chi connectivity index (χ3v) is 6.13. The minimum Gasteiger partial charge on any atom is -0.497 e. The van der Waals surface area contributed by atoms with Gasteiger partial charge < -0.3 is 24.6 Å². The maximum atomic E-state index is 13.2. The van der Waals surface area contributed by atoms with Crippen molar-refractivity contribution < 1.29 is 19.1 Å². The van der Waals surface area contributed by atoms with Gasteiger partial charge in [0.1, 0.15) is 17.5 Å². The van der Waals surface area contributed by atoms with Crippen LogP contribution in [0.2, 0.25) is 0 Å². The van der Waals surface area contributed by atoms with Gasteiger partial charge in [0.2, 0.25) is 17.8 Å². The van der Waals surface area contributed by atoms with E-state index in [2.05, 4.69) is 15.6 Å². The summed E-state index contributed by atoms with van der Waals surface area (Å²) in [4.78, 5) is 33.7. The number of nitrogens with zero attached hydrogens (tertiary/aromatic N) is 4. The molecule has 2 amide bonds. The SMILES string of the molecule is COc1cc(CCN=C(NC#N)NC2CCCCN(CC(=O)N3CCCC3)C2=O)cc(OC)c1. The van der Waals surface area contributed by atoms with Crippen molar-refractivity contribution in [3.8, 4) is 17.7 Å². The molecule has 1 aromatic rings. The molecule has 0 aromatic heterocycles. The highest BCUT2D eigenvalue weighted by Crippen LogP contribution is 2.22. The molecule has 2 heterocycles. The van der Waals surface area contributed by atoms with Gasteiger partial charge in [-0.3, -0.25) is 19.9 Å². The lowest BCUT2D eigenvalue weighted by molar-refractivity contribution is -0.140. The van der Waals surface area contributed by atoms with E-state index in [1.807, 2.05) is 23.2 Å². The second kappa shape index (κ2) is 12.7. The monoisotopic (exact) mass is 470 g/mol. The van der Waals surface area contributed by atoms with Gasteiger partial charge in [0, 0.05) is 32.2 Å². The van der Waals surface area contributed by atoms with E-state index in [1.165, 1.54) is 0 Å². The lowest BCUT2D eigenvalue weighted by Crippen LogP contribution is -2.52. The molecule has 1 aromatic carbocycles. The summed E-state index contributed by atoms with van der Waals surface area (Å²) >= 11 is 0. The van der Waals surface area contributed by atoms with Gasteiger partial charge in [-0.25, -0.2) is 0 Å². The number of nitrogens with one attached hydrogen (secondary N) is 2. The maximum Gasteiger partial charge on any atom is 0.245 e. The average Bonchev–Trinajstić information content (AvgIpc) is 3.34. The highest BCUT2D eigenvalue weighted by atomic mass is 16.5. The number of hydrogen-bond acceptors (Lipinski definition) is 6. The Kier molecular flexibility index (Phi) is 9.38. The van der Waals surface area contributed by atoms with Crippen molar-refractivity contribution in [2.75, 3.05) is 46.9 Å². The largest absolute Gasteiger partial charge is 0.497 e. The first-order chi connectivity index (χ1) is 16.5. The number of carbonyl (C=O) groups excluding carboxylic acids is 2. The van der Waals surface area contributed by atoms with E-state index in [1.54, 1.807) is 25.2 Å². The van der Waals surface area contributed by atoms with E-state index in [0.717, 1.165) is 44.3 Å². The fraction of sp³-hybridized carbons (Fsp3) is 0.583. The predicted octanol–water partition coefficient (Wildman–Crippen LogP) is 1.27. The van der Waals surface area contributed by atoms with Crippen LogP contribution >= 0.6 is 0 Å². The second-order valence-corrected chi connectivity index (χ2v) is 8.48. The first kappa shape index (κ1) is 25.1. The highest BCUT2D eigenvalue weighted by molar-refractivity contribution is 5.92. The van der Waals surface area contributed by atoms with Crippen molar-refractivity contribution in [3.63, 3.8) is 0 Å². The number of amides is 2. The van der Waals surface area contributed by atoms with Crippen LogP contribution in [0.25, 0.3) is 0 Å². The van der Waals surface area contributed by atoms with Gasteiger partial charge in [-0.2, -0.15) is 5.26 Å². The molecule has 1 unspecified atom stereocenters. The zero-order chi connectivity index (χ0) is 24.3. The number of hydrogen-bond donors (Lipinski definition) is 2. The molecule has 34 heavy (non-hydrogen) atoms. The average molecular weight is 471 g/mol. The molecular formula is C24H34N6O4. The van der Waals surface area contributed by atoms with Crippen molar-refractivity contribution in [3.05, 3.63) is 23.8 Å². The number of rotatable bonds is 8. The molecule has 1 atom stereocenters. The second-order valence-electron chi connectivity index (χ2n) is 8.48. The molecule has 0 radical (unpaired) electrons. The molecule has 0 saturated carbocycles. The predicted molar refractivity (Wildman–Crippen MR) is 127 cm³/mol. The summed E-state index contributed by atoms with van der Waals surface area (Å²) in [5.74, 6) is 1.52. The molecule has 0 aliphatic carbocycles. The highest BCUT2D eigenvalue weighted by Gasteiger charge is 2.30. The van der Waals surface area contributed by atoms with Crippen LogP contribution in [0.3, 0.4) is 0 Å². The standard InChI is InChI=1S/C24H34N6O4/c1-33-19-13-18(14-20(15-19)34-2)8-9-26-24(27-17-25)28-21-7-3-4-12-30(23(21)32)16-22(31)29-10-5-6-11-29/h13-15,21H,3-12,16H2,1-2H3,(H2,26,27,28). The lowest BCUT2D eigenvalue weighted by atomic mass is 10.1. The Labute approximate surface area is 200 Å². The Hall–Kier alpha value is -3.48. The van der Waals surface area contributed by atoms with Crippen molar-refractivity contribution >= 4 is 17.8 Å². The lowest BCUT2D eigenvalue weighted by Gasteiger charge is -2.27. The zero-order valence-electron chi connectivity index (χ0n) is 20.0. The Morgan fingerprint density at radius 1 is 1.12 bits per heavy atom. The number of aliphatic imine (C=N–C) groups is 1. The quantitative estimate of drug-likeness (QED) is 0.254. The summed E-state index contributed by atoms with van der Waals surface area (Å²) in [6.45, 7) is 2.60. The van der Waals surface area contributed by atoms with Gasteiger partial charge >= 0.3 is 0 Å². The summed E-state index contributed by atoms with van der Waals surface area (Å²) in [5, 5.41) is 14.8. The summed E-state index contributed by atoms with van der Waals surface area (Å²) in [6, 6.07) is 5.08. The molecule has 3 rings (SSSR count). The maximum absolute atomic E-state index is 13.2. The molecule has 10 heteroatoms. The first-order valence-corrected chi connectivity index (χ1v) is 11.8. The Morgan fingerprint density at radius 3 is 2.44 bits per heavy atom.